The molecular weight excluding hydrogens is 316 g/mol. The van der Waals surface area contributed by atoms with Gasteiger partial charge < -0.3 is 14.6 Å². The number of hydrogen-bond donors (Lipinski definition) is 1. The van der Waals surface area contributed by atoms with Crippen molar-refractivity contribution in [3.63, 3.8) is 0 Å². The van der Waals surface area contributed by atoms with E-state index in [1.54, 1.807) is 14.0 Å². The smallest absolute Gasteiger partial charge is 0.262 e. The maximum absolute atomic E-state index is 12.4. The van der Waals surface area contributed by atoms with E-state index in [4.69, 9.17) is 4.74 Å². The topological polar surface area (TPSA) is 76.5 Å². The van der Waals surface area contributed by atoms with Gasteiger partial charge in [0.05, 0.1) is 29.8 Å². The highest BCUT2D eigenvalue weighted by Crippen LogP contribution is 2.26. The van der Waals surface area contributed by atoms with Crippen LogP contribution in [0.15, 0.2) is 11.1 Å². The van der Waals surface area contributed by atoms with Crippen LogP contribution >= 0.6 is 11.3 Å². The molecule has 1 amide bonds. The molecule has 1 N–H and O–H groups in total. The average Bonchev–Trinajstić information content (AvgIpc) is 2.89. The maximum atomic E-state index is 12.4. The second kappa shape index (κ2) is 6.77. The van der Waals surface area contributed by atoms with Crippen molar-refractivity contribution in [1.82, 2.24) is 19.8 Å². The van der Waals surface area contributed by atoms with Gasteiger partial charge in [0.25, 0.3) is 11.5 Å². The van der Waals surface area contributed by atoms with E-state index >= 15 is 0 Å². The molecule has 8 heteroatoms. The summed E-state index contributed by atoms with van der Waals surface area (Å²) in [5.74, 6) is -0.138. The number of fused-ring (bicyclic) bond motifs is 1. The predicted octanol–water partition coefficient (Wildman–Crippen LogP) is 0.365. The second-order valence-electron chi connectivity index (χ2n) is 5.61. The summed E-state index contributed by atoms with van der Waals surface area (Å²) < 4.78 is 6.73. The number of nitrogens with one attached hydrogen (secondary N) is 1. The van der Waals surface area contributed by atoms with Crippen molar-refractivity contribution < 1.29 is 9.53 Å². The van der Waals surface area contributed by atoms with Crippen molar-refractivity contribution in [2.45, 2.75) is 6.92 Å². The lowest BCUT2D eigenvalue weighted by Gasteiger charge is -2.26. The highest BCUT2D eigenvalue weighted by atomic mass is 32.1. The fourth-order valence-corrected chi connectivity index (χ4v) is 3.71. The molecule has 1 saturated heterocycles. The van der Waals surface area contributed by atoms with E-state index in [9.17, 15) is 9.59 Å². The highest BCUT2D eigenvalue weighted by molar-refractivity contribution is 7.20. The predicted molar refractivity (Wildman–Crippen MR) is 89.2 cm³/mol. The van der Waals surface area contributed by atoms with E-state index in [0.717, 1.165) is 32.8 Å². The summed E-state index contributed by atoms with van der Waals surface area (Å²) in [6.07, 6.45) is 1.49. The van der Waals surface area contributed by atoms with Gasteiger partial charge in [-0.1, -0.05) is 0 Å². The van der Waals surface area contributed by atoms with Gasteiger partial charge in [-0.3, -0.25) is 14.5 Å². The van der Waals surface area contributed by atoms with E-state index in [2.05, 4.69) is 15.2 Å². The van der Waals surface area contributed by atoms with Gasteiger partial charge in [0.1, 0.15) is 4.83 Å². The Morgan fingerprint density at radius 2 is 2.17 bits per heavy atom. The SMILES string of the molecule is Cc1c(C(=O)NCCN2CCOCC2)sc2ncn(C)c(=O)c12. The van der Waals surface area contributed by atoms with Crippen molar-refractivity contribution in [2.75, 3.05) is 39.4 Å². The zero-order valence-electron chi connectivity index (χ0n) is 13.3. The Hall–Kier alpha value is -1.77. The van der Waals surface area contributed by atoms with Crippen molar-refractivity contribution in [2.24, 2.45) is 7.05 Å². The third-order valence-corrected chi connectivity index (χ3v) is 5.23. The Morgan fingerprint density at radius 1 is 1.43 bits per heavy atom. The van der Waals surface area contributed by atoms with Crippen LogP contribution in [0.25, 0.3) is 10.2 Å². The van der Waals surface area contributed by atoms with Gasteiger partial charge in [-0.25, -0.2) is 4.98 Å². The molecule has 2 aromatic rings. The van der Waals surface area contributed by atoms with Crippen LogP contribution in [0.1, 0.15) is 15.2 Å². The summed E-state index contributed by atoms with van der Waals surface area (Å²) in [5, 5.41) is 3.47. The van der Waals surface area contributed by atoms with Gasteiger partial charge >= 0.3 is 0 Å². The number of hydrogen-bond acceptors (Lipinski definition) is 6. The first kappa shape index (κ1) is 16.1. The number of aryl methyl sites for hydroxylation is 2. The van der Waals surface area contributed by atoms with Crippen molar-refractivity contribution in [3.05, 3.63) is 27.1 Å². The van der Waals surface area contributed by atoms with Gasteiger partial charge in [-0.2, -0.15) is 0 Å². The summed E-state index contributed by atoms with van der Waals surface area (Å²) in [6, 6.07) is 0. The molecule has 0 aromatic carbocycles. The lowest BCUT2D eigenvalue weighted by molar-refractivity contribution is 0.0383. The van der Waals surface area contributed by atoms with E-state index < -0.39 is 0 Å². The fourth-order valence-electron chi connectivity index (χ4n) is 2.66. The van der Waals surface area contributed by atoms with Crippen molar-refractivity contribution in [1.29, 1.82) is 0 Å². The molecule has 1 aliphatic heterocycles. The van der Waals surface area contributed by atoms with Crippen molar-refractivity contribution in [3.8, 4) is 0 Å². The molecule has 0 atom stereocenters. The molecule has 0 unspecified atom stereocenters. The molecule has 3 rings (SSSR count). The van der Waals surface area contributed by atoms with Crippen LogP contribution < -0.4 is 10.9 Å². The van der Waals surface area contributed by atoms with E-state index in [1.807, 2.05) is 0 Å². The summed E-state index contributed by atoms with van der Waals surface area (Å²) in [6.45, 7) is 6.49. The minimum absolute atomic E-state index is 0.115. The zero-order valence-corrected chi connectivity index (χ0v) is 14.1. The largest absolute Gasteiger partial charge is 0.379 e. The Morgan fingerprint density at radius 3 is 2.91 bits per heavy atom. The number of carbonyl (C=O) groups is 1. The average molecular weight is 336 g/mol. The highest BCUT2D eigenvalue weighted by Gasteiger charge is 2.19. The molecule has 3 heterocycles. The fraction of sp³-hybridized carbons (Fsp3) is 0.533. The number of nitrogens with zero attached hydrogens (tertiary/aromatic N) is 3. The summed E-state index contributed by atoms with van der Waals surface area (Å²) in [5.41, 5.74) is 0.596. The minimum atomic E-state index is -0.138. The molecular formula is C15H20N4O3S. The molecule has 0 bridgehead atoms. The van der Waals surface area contributed by atoms with Crippen LogP contribution in [0.2, 0.25) is 0 Å². The van der Waals surface area contributed by atoms with Crippen LogP contribution in [-0.2, 0) is 11.8 Å². The zero-order chi connectivity index (χ0) is 16.4. The van der Waals surface area contributed by atoms with Crippen molar-refractivity contribution >= 4 is 27.5 Å². The van der Waals surface area contributed by atoms with Gasteiger partial charge in [-0.15, -0.1) is 11.3 Å². The number of rotatable bonds is 4. The molecule has 23 heavy (non-hydrogen) atoms. The number of thiophene rings is 1. The quantitative estimate of drug-likeness (QED) is 0.873. The summed E-state index contributed by atoms with van der Waals surface area (Å²) in [7, 11) is 1.66. The standard InChI is InChI=1S/C15H20N4O3S/c1-10-11-14(17-9-18(2)15(11)21)23-12(10)13(20)16-3-4-19-5-7-22-8-6-19/h9H,3-8H2,1-2H3,(H,16,20). The second-order valence-corrected chi connectivity index (χ2v) is 6.61. The first-order valence-electron chi connectivity index (χ1n) is 7.61. The molecule has 0 radical (unpaired) electrons. The number of carbonyl (C=O) groups excluding carboxylic acids is 1. The monoisotopic (exact) mass is 336 g/mol. The van der Waals surface area contributed by atoms with E-state index in [-0.39, 0.29) is 11.5 Å². The Balaban J connectivity index is 1.70. The molecule has 124 valence electrons. The summed E-state index contributed by atoms with van der Waals surface area (Å²) in [4.78, 5) is 32.3. The van der Waals surface area contributed by atoms with Gasteiger partial charge in [0.2, 0.25) is 0 Å². The van der Waals surface area contributed by atoms with Crippen LogP contribution in [-0.4, -0.2) is 59.8 Å². The third kappa shape index (κ3) is 3.29. The van der Waals surface area contributed by atoms with E-state index in [0.29, 0.717) is 27.2 Å². The van der Waals surface area contributed by atoms with Gasteiger partial charge in [0, 0.05) is 33.2 Å². The first-order valence-corrected chi connectivity index (χ1v) is 8.42. The lowest BCUT2D eigenvalue weighted by atomic mass is 10.2. The molecule has 0 spiro atoms. The number of amides is 1. The van der Waals surface area contributed by atoms with Crippen LogP contribution in [0.4, 0.5) is 0 Å². The van der Waals surface area contributed by atoms with E-state index in [1.165, 1.54) is 22.2 Å². The Bertz CT molecular complexity index is 777. The van der Waals surface area contributed by atoms with Gasteiger partial charge in [0.15, 0.2) is 0 Å². The number of ether oxygens (including phenoxy) is 1. The maximum Gasteiger partial charge on any atom is 0.262 e. The Kier molecular flexibility index (Phi) is 4.74. The summed E-state index contributed by atoms with van der Waals surface area (Å²) >= 11 is 1.27. The number of aromatic nitrogens is 2. The Labute approximate surface area is 137 Å². The molecule has 0 saturated carbocycles. The minimum Gasteiger partial charge on any atom is -0.379 e. The normalized spacial score (nSPS) is 15.9. The molecule has 1 fully saturated rings. The van der Waals surface area contributed by atoms with Crippen LogP contribution in [0.3, 0.4) is 0 Å². The van der Waals surface area contributed by atoms with Gasteiger partial charge in [-0.05, 0) is 12.5 Å². The first-order chi connectivity index (χ1) is 11.1. The number of morpholine rings is 1. The van der Waals surface area contributed by atoms with Crippen LogP contribution in [0.5, 0.6) is 0 Å². The molecule has 2 aromatic heterocycles. The molecule has 0 aliphatic carbocycles. The molecule has 7 nitrogen and oxygen atoms in total. The molecule has 1 aliphatic rings. The lowest BCUT2D eigenvalue weighted by Crippen LogP contribution is -2.41. The third-order valence-electron chi connectivity index (χ3n) is 4.03. The van der Waals surface area contributed by atoms with Crippen LogP contribution in [0, 0.1) is 6.92 Å².